The summed E-state index contributed by atoms with van der Waals surface area (Å²) in [6.45, 7) is 3.70. The first-order valence-corrected chi connectivity index (χ1v) is 13.5. The van der Waals surface area contributed by atoms with Crippen LogP contribution in [0.4, 0.5) is 11.6 Å². The molecule has 7 rings (SSSR count). The van der Waals surface area contributed by atoms with E-state index in [2.05, 4.69) is 32.0 Å². The van der Waals surface area contributed by atoms with Gasteiger partial charge in [-0.3, -0.25) is 14.2 Å². The van der Waals surface area contributed by atoms with Gasteiger partial charge in [0.15, 0.2) is 5.65 Å². The van der Waals surface area contributed by atoms with Gasteiger partial charge in [0, 0.05) is 61.4 Å². The van der Waals surface area contributed by atoms with Crippen molar-refractivity contribution in [2.75, 3.05) is 37.4 Å². The number of benzene rings is 1. The summed E-state index contributed by atoms with van der Waals surface area (Å²) in [5.41, 5.74) is 11.3. The summed E-state index contributed by atoms with van der Waals surface area (Å²) in [5, 5.41) is 6.54. The van der Waals surface area contributed by atoms with E-state index in [0.29, 0.717) is 31.2 Å². The molecule has 5 aromatic heterocycles. The van der Waals surface area contributed by atoms with Gasteiger partial charge in [0.1, 0.15) is 30.3 Å². The summed E-state index contributed by atoms with van der Waals surface area (Å²) in [5.74, 6) is 2.17. The smallest absolute Gasteiger partial charge is 0.150 e. The Bertz CT molecular complexity index is 1860. The maximum Gasteiger partial charge on any atom is 0.150 e. The van der Waals surface area contributed by atoms with Gasteiger partial charge in [-0.2, -0.15) is 5.10 Å². The first kappa shape index (κ1) is 25.0. The van der Waals surface area contributed by atoms with Crippen molar-refractivity contribution < 1.29 is 9.47 Å². The van der Waals surface area contributed by atoms with Crippen LogP contribution in [-0.2, 0) is 17.9 Å². The highest BCUT2D eigenvalue weighted by atomic mass is 16.5. The summed E-state index contributed by atoms with van der Waals surface area (Å²) in [7, 11) is 1.67. The van der Waals surface area contributed by atoms with Crippen LogP contribution in [0.5, 0.6) is 5.75 Å². The maximum absolute atomic E-state index is 6.33. The molecule has 0 atom stereocenters. The molecule has 0 aliphatic carbocycles. The van der Waals surface area contributed by atoms with Crippen LogP contribution in [0.25, 0.3) is 38.9 Å². The summed E-state index contributed by atoms with van der Waals surface area (Å²) < 4.78 is 15.2. The second kappa shape index (κ2) is 10.5. The fourth-order valence-corrected chi connectivity index (χ4v) is 5.04. The predicted molar refractivity (Wildman–Crippen MR) is 157 cm³/mol. The van der Waals surface area contributed by atoms with Crippen LogP contribution in [0.1, 0.15) is 12.0 Å². The summed E-state index contributed by atoms with van der Waals surface area (Å²) in [4.78, 5) is 20.4. The number of rotatable bonds is 9. The zero-order chi connectivity index (χ0) is 27.8. The Morgan fingerprint density at radius 3 is 2.78 bits per heavy atom. The molecule has 0 bridgehead atoms. The third kappa shape index (κ3) is 4.80. The fourth-order valence-electron chi connectivity index (χ4n) is 5.04. The minimum absolute atomic E-state index is 0.352. The van der Waals surface area contributed by atoms with E-state index in [1.54, 1.807) is 19.5 Å². The molecule has 6 heterocycles. The molecule has 1 fully saturated rings. The maximum atomic E-state index is 6.33. The fraction of sp³-hybridized carbons (Fsp3) is 0.233. The molecule has 1 saturated heterocycles. The van der Waals surface area contributed by atoms with E-state index in [4.69, 9.17) is 25.3 Å². The van der Waals surface area contributed by atoms with Gasteiger partial charge in [-0.1, -0.05) is 0 Å². The van der Waals surface area contributed by atoms with Crippen molar-refractivity contribution in [3.05, 3.63) is 79.1 Å². The van der Waals surface area contributed by atoms with E-state index >= 15 is 0 Å². The number of nitrogens with zero attached hydrogens (tertiary/aromatic N) is 8. The zero-order valence-electron chi connectivity index (χ0n) is 22.6. The molecule has 1 aliphatic heterocycles. The Kier molecular flexibility index (Phi) is 6.40. The molecule has 0 amide bonds. The quantitative estimate of drug-likeness (QED) is 0.283. The Morgan fingerprint density at radius 2 is 1.93 bits per heavy atom. The molecule has 0 saturated carbocycles. The number of hydrogen-bond acceptors (Lipinski definition) is 9. The average molecular weight is 548 g/mol. The molecule has 41 heavy (non-hydrogen) atoms. The number of nitrogen functional groups attached to an aromatic ring is 1. The molecule has 11 nitrogen and oxygen atoms in total. The van der Waals surface area contributed by atoms with Gasteiger partial charge >= 0.3 is 0 Å². The normalized spacial score (nSPS) is 13.1. The van der Waals surface area contributed by atoms with Gasteiger partial charge in [0.25, 0.3) is 0 Å². The van der Waals surface area contributed by atoms with Crippen LogP contribution < -0.4 is 15.4 Å². The summed E-state index contributed by atoms with van der Waals surface area (Å²) in [6, 6.07) is 14.2. The Balaban J connectivity index is 1.16. The van der Waals surface area contributed by atoms with Crippen molar-refractivity contribution in [2.24, 2.45) is 0 Å². The number of aromatic nitrogens is 7. The number of ether oxygens (including phenoxy) is 2. The van der Waals surface area contributed by atoms with Gasteiger partial charge in [0.2, 0.25) is 0 Å². The van der Waals surface area contributed by atoms with Gasteiger partial charge < -0.3 is 20.1 Å². The summed E-state index contributed by atoms with van der Waals surface area (Å²) in [6.07, 6.45) is 10.2. The van der Waals surface area contributed by atoms with Crippen molar-refractivity contribution in [3.63, 3.8) is 0 Å². The molecule has 2 N–H and O–H groups in total. The molecule has 1 aliphatic rings. The van der Waals surface area contributed by atoms with E-state index in [0.717, 1.165) is 63.5 Å². The molecular weight excluding hydrogens is 518 g/mol. The Hall–Kier alpha value is -5.03. The lowest BCUT2D eigenvalue weighted by molar-refractivity contribution is 0.183. The third-order valence-corrected chi connectivity index (χ3v) is 7.35. The van der Waals surface area contributed by atoms with Crippen LogP contribution in [-0.4, -0.2) is 61.1 Å². The standard InChI is InChI=1S/C30H29N9O2/c1-40-12-11-38-10-7-25(36-38)24-17-39(30-28(24)29(31)33-19-34-30)22-13-20(15-32-16-22)18-41-23-5-3-21-4-6-27(35-26(21)14-23)37-8-2-9-37/h3-7,10,13-17,19H,2,8-9,11-12,18H2,1H3,(H2,31,33,34). The highest BCUT2D eigenvalue weighted by molar-refractivity contribution is 6.00. The SMILES string of the molecule is COCCn1ccc(-c2cn(-c3cncc(COc4ccc5ccc(N6CCC6)nc5c4)c3)c3ncnc(N)c23)n1. The van der Waals surface area contributed by atoms with Crippen molar-refractivity contribution >= 4 is 33.6 Å². The number of fused-ring (bicyclic) bond motifs is 2. The predicted octanol–water partition coefficient (Wildman–Crippen LogP) is 4.24. The largest absolute Gasteiger partial charge is 0.489 e. The van der Waals surface area contributed by atoms with Crippen LogP contribution in [0.15, 0.2) is 73.6 Å². The molecule has 0 unspecified atom stereocenters. The van der Waals surface area contributed by atoms with Crippen LogP contribution in [0.3, 0.4) is 0 Å². The van der Waals surface area contributed by atoms with Crippen LogP contribution in [0.2, 0.25) is 0 Å². The molecule has 206 valence electrons. The number of hydrogen-bond donors (Lipinski definition) is 1. The lowest BCUT2D eigenvalue weighted by atomic mass is 10.2. The van der Waals surface area contributed by atoms with Gasteiger partial charge in [-0.05, 0) is 42.8 Å². The van der Waals surface area contributed by atoms with Gasteiger partial charge in [-0.25, -0.2) is 15.0 Å². The number of methoxy groups -OCH3 is 1. The molecular formula is C30H29N9O2. The van der Waals surface area contributed by atoms with E-state index in [-0.39, 0.29) is 0 Å². The van der Waals surface area contributed by atoms with Crippen molar-refractivity contribution in [1.29, 1.82) is 0 Å². The first-order chi connectivity index (χ1) is 20.2. The second-order valence-electron chi connectivity index (χ2n) is 10.0. The topological polar surface area (TPSA) is 122 Å². The van der Waals surface area contributed by atoms with Gasteiger partial charge in [0.05, 0.1) is 41.6 Å². The third-order valence-electron chi connectivity index (χ3n) is 7.35. The highest BCUT2D eigenvalue weighted by Crippen LogP contribution is 2.33. The summed E-state index contributed by atoms with van der Waals surface area (Å²) >= 11 is 0. The van der Waals surface area contributed by atoms with Crippen molar-refractivity contribution in [3.8, 4) is 22.7 Å². The number of anilines is 2. The van der Waals surface area contributed by atoms with E-state index in [1.165, 1.54) is 12.7 Å². The van der Waals surface area contributed by atoms with Crippen molar-refractivity contribution in [2.45, 2.75) is 19.6 Å². The monoisotopic (exact) mass is 547 g/mol. The Morgan fingerprint density at radius 1 is 1.02 bits per heavy atom. The number of pyridine rings is 2. The molecule has 0 spiro atoms. The van der Waals surface area contributed by atoms with E-state index < -0.39 is 0 Å². The van der Waals surface area contributed by atoms with Crippen molar-refractivity contribution in [1.82, 2.24) is 34.3 Å². The average Bonchev–Trinajstić information content (AvgIpc) is 3.60. The lowest BCUT2D eigenvalue weighted by Gasteiger charge is -2.32. The molecule has 11 heteroatoms. The van der Waals surface area contributed by atoms with Crippen LogP contribution >= 0.6 is 0 Å². The molecule has 1 aromatic carbocycles. The molecule has 0 radical (unpaired) electrons. The minimum Gasteiger partial charge on any atom is -0.489 e. The zero-order valence-corrected chi connectivity index (χ0v) is 22.6. The Labute approximate surface area is 236 Å². The molecule has 6 aromatic rings. The minimum atomic E-state index is 0.352. The highest BCUT2D eigenvalue weighted by Gasteiger charge is 2.19. The van der Waals surface area contributed by atoms with E-state index in [9.17, 15) is 0 Å². The van der Waals surface area contributed by atoms with Crippen LogP contribution in [0, 0.1) is 0 Å². The van der Waals surface area contributed by atoms with E-state index in [1.807, 2.05) is 52.0 Å². The second-order valence-corrected chi connectivity index (χ2v) is 10.0. The number of nitrogens with two attached hydrogens (primary N) is 1. The van der Waals surface area contributed by atoms with Gasteiger partial charge in [-0.15, -0.1) is 0 Å². The lowest BCUT2D eigenvalue weighted by Crippen LogP contribution is -2.37. The first-order valence-electron chi connectivity index (χ1n) is 13.5.